The SMILES string of the molecule is C=C1C(C2C=CC(C3(c4ccccc4)C4=C(CCC=C4)Cc4ccccc43)=CC2)=CC(C)(c2ccc(C3CC=CCC3)cc2)NC1C1=CCCC=C1. The van der Waals surface area contributed by atoms with Crippen LogP contribution < -0.4 is 5.32 Å². The number of rotatable bonds is 6. The summed E-state index contributed by atoms with van der Waals surface area (Å²) in [5.74, 6) is 0.880. The lowest BCUT2D eigenvalue weighted by Gasteiger charge is -2.46. The summed E-state index contributed by atoms with van der Waals surface area (Å²) in [4.78, 5) is 0. The van der Waals surface area contributed by atoms with Crippen LogP contribution in [-0.4, -0.2) is 6.04 Å². The minimum Gasteiger partial charge on any atom is -0.294 e. The van der Waals surface area contributed by atoms with E-state index in [0.29, 0.717) is 5.92 Å². The van der Waals surface area contributed by atoms with E-state index in [1.807, 2.05) is 0 Å². The highest BCUT2D eigenvalue weighted by molar-refractivity contribution is 5.69. The van der Waals surface area contributed by atoms with Gasteiger partial charge in [0.05, 0.1) is 17.0 Å². The zero-order chi connectivity index (χ0) is 35.1. The largest absolute Gasteiger partial charge is 0.294 e. The van der Waals surface area contributed by atoms with Crippen LogP contribution >= 0.6 is 0 Å². The molecule has 9 rings (SSSR count). The molecule has 1 nitrogen and oxygen atoms in total. The number of hydrogen-bond acceptors (Lipinski definition) is 1. The van der Waals surface area contributed by atoms with Crippen LogP contribution in [0.5, 0.6) is 0 Å². The maximum absolute atomic E-state index is 4.83. The van der Waals surface area contributed by atoms with Crippen LogP contribution in [-0.2, 0) is 17.4 Å². The molecule has 6 aliphatic rings. The topological polar surface area (TPSA) is 12.0 Å². The molecule has 5 atom stereocenters. The number of allylic oxidation sites excluding steroid dienone is 12. The fraction of sp³-hybridized carbons (Fsp3) is 0.294. The van der Waals surface area contributed by atoms with Gasteiger partial charge < -0.3 is 0 Å². The average molecular weight is 678 g/mol. The first kappa shape index (κ1) is 33.1. The molecule has 0 fully saturated rings. The van der Waals surface area contributed by atoms with E-state index in [0.717, 1.165) is 44.9 Å². The molecule has 0 aromatic heterocycles. The summed E-state index contributed by atoms with van der Waals surface area (Å²) in [5.41, 5.74) is 14.8. The lowest BCUT2D eigenvalue weighted by atomic mass is 9.57. The van der Waals surface area contributed by atoms with Gasteiger partial charge in [0.15, 0.2) is 0 Å². The molecule has 52 heavy (non-hydrogen) atoms. The van der Waals surface area contributed by atoms with Gasteiger partial charge >= 0.3 is 0 Å². The summed E-state index contributed by atoms with van der Waals surface area (Å²) < 4.78 is 0. The molecule has 1 N–H and O–H groups in total. The fourth-order valence-electron chi connectivity index (χ4n) is 10.1. The molecule has 0 spiro atoms. The molecule has 0 radical (unpaired) electrons. The van der Waals surface area contributed by atoms with Crippen molar-refractivity contribution >= 4 is 0 Å². The Bertz CT molecular complexity index is 2130. The van der Waals surface area contributed by atoms with Crippen molar-refractivity contribution < 1.29 is 0 Å². The predicted molar refractivity (Wildman–Crippen MR) is 218 cm³/mol. The van der Waals surface area contributed by atoms with Gasteiger partial charge in [-0.15, -0.1) is 0 Å². The summed E-state index contributed by atoms with van der Waals surface area (Å²) in [7, 11) is 0. The minimum absolute atomic E-state index is 0.0736. The Morgan fingerprint density at radius 1 is 0.731 bits per heavy atom. The Morgan fingerprint density at radius 3 is 2.33 bits per heavy atom. The molecule has 1 heterocycles. The third-order valence-corrected chi connectivity index (χ3v) is 12.9. The normalized spacial score (nSPS) is 29.6. The van der Waals surface area contributed by atoms with Gasteiger partial charge in [0, 0.05) is 5.92 Å². The monoisotopic (exact) mass is 677 g/mol. The van der Waals surface area contributed by atoms with Gasteiger partial charge in [0.25, 0.3) is 0 Å². The molecule has 1 aliphatic heterocycles. The standard InChI is InChI=1S/C51H51N/c1-36-46(35-50(2,52-49(36)40-18-8-4-9-19-40)43-30-26-38(27-31-43)37-16-6-3-7-17-37)39-28-32-45(33-29-39)51(44-22-10-5-11-23-44)47-24-14-12-20-41(47)34-42-21-13-15-25-48(42)51/h3,5-6,8,10-12,14-15,18-20,22-28,30-33,35,37,39,49,52H,1,4,7,9,13,16-17,21,29,34H2,2H3. The lowest BCUT2D eigenvalue weighted by Crippen LogP contribution is -2.50. The molecule has 260 valence electrons. The quantitative estimate of drug-likeness (QED) is 0.256. The van der Waals surface area contributed by atoms with E-state index in [1.165, 1.54) is 68.5 Å². The van der Waals surface area contributed by atoms with Crippen LogP contribution in [0.2, 0.25) is 0 Å². The third kappa shape index (κ3) is 5.66. The van der Waals surface area contributed by atoms with E-state index >= 15 is 0 Å². The van der Waals surface area contributed by atoms with E-state index in [9.17, 15) is 0 Å². The van der Waals surface area contributed by atoms with Gasteiger partial charge in [-0.2, -0.15) is 0 Å². The Kier molecular flexibility index (Phi) is 8.72. The van der Waals surface area contributed by atoms with Crippen LogP contribution in [0.25, 0.3) is 0 Å². The molecule has 0 saturated heterocycles. The maximum atomic E-state index is 4.83. The maximum Gasteiger partial charge on any atom is 0.0700 e. The van der Waals surface area contributed by atoms with Crippen molar-refractivity contribution in [1.29, 1.82) is 0 Å². The fourth-order valence-corrected chi connectivity index (χ4v) is 10.1. The number of hydrogen-bond donors (Lipinski definition) is 1. The van der Waals surface area contributed by atoms with E-state index in [1.54, 1.807) is 5.57 Å². The van der Waals surface area contributed by atoms with Crippen LogP contribution in [0.4, 0.5) is 0 Å². The Morgan fingerprint density at radius 2 is 1.56 bits per heavy atom. The summed E-state index contributed by atoms with van der Waals surface area (Å²) >= 11 is 0. The minimum atomic E-state index is -0.325. The lowest BCUT2D eigenvalue weighted by molar-refractivity contribution is 0.407. The molecule has 1 heteroatoms. The summed E-state index contributed by atoms with van der Waals surface area (Å²) in [5, 5.41) is 4.10. The van der Waals surface area contributed by atoms with Crippen LogP contribution in [0.15, 0.2) is 186 Å². The molecule has 5 unspecified atom stereocenters. The molecular formula is C51H51N. The molecule has 3 aromatic carbocycles. The van der Waals surface area contributed by atoms with Crippen molar-refractivity contribution in [3.05, 3.63) is 214 Å². The second kappa shape index (κ2) is 13.7. The van der Waals surface area contributed by atoms with Crippen molar-refractivity contribution in [2.45, 2.75) is 87.6 Å². The van der Waals surface area contributed by atoms with Gasteiger partial charge in [-0.3, -0.25) is 5.32 Å². The van der Waals surface area contributed by atoms with Gasteiger partial charge in [0.2, 0.25) is 0 Å². The molecule has 0 amide bonds. The van der Waals surface area contributed by atoms with Crippen molar-refractivity contribution in [2.24, 2.45) is 5.92 Å². The smallest absolute Gasteiger partial charge is 0.0700 e. The van der Waals surface area contributed by atoms with Gasteiger partial charge in [-0.1, -0.05) is 158 Å². The zero-order valence-corrected chi connectivity index (χ0v) is 30.7. The second-order valence-corrected chi connectivity index (χ2v) is 16.0. The van der Waals surface area contributed by atoms with E-state index in [4.69, 9.17) is 6.58 Å². The van der Waals surface area contributed by atoms with Crippen molar-refractivity contribution in [3.8, 4) is 0 Å². The molecular weight excluding hydrogens is 627 g/mol. The van der Waals surface area contributed by atoms with Crippen molar-refractivity contribution in [2.75, 3.05) is 0 Å². The van der Waals surface area contributed by atoms with Crippen molar-refractivity contribution in [1.82, 2.24) is 5.32 Å². The van der Waals surface area contributed by atoms with Gasteiger partial charge in [-0.05, 0) is 126 Å². The summed E-state index contributed by atoms with van der Waals surface area (Å²) in [6.07, 6.45) is 36.7. The first-order chi connectivity index (χ1) is 25.5. The molecule has 0 bridgehead atoms. The van der Waals surface area contributed by atoms with Crippen LogP contribution in [0, 0.1) is 5.92 Å². The van der Waals surface area contributed by atoms with Crippen molar-refractivity contribution in [3.63, 3.8) is 0 Å². The second-order valence-electron chi connectivity index (χ2n) is 16.0. The van der Waals surface area contributed by atoms with E-state index in [2.05, 4.69) is 158 Å². The zero-order valence-electron chi connectivity index (χ0n) is 30.7. The Hall–Kier alpha value is -4.72. The highest BCUT2D eigenvalue weighted by Crippen LogP contribution is 2.54. The molecule has 3 aromatic rings. The molecule has 0 saturated carbocycles. The third-order valence-electron chi connectivity index (χ3n) is 12.9. The Balaban J connectivity index is 1.11. The predicted octanol–water partition coefficient (Wildman–Crippen LogP) is 12.1. The summed E-state index contributed by atoms with van der Waals surface area (Å²) in [6, 6.07) is 30.1. The Labute approximate surface area is 311 Å². The number of benzene rings is 3. The van der Waals surface area contributed by atoms with Crippen LogP contribution in [0.1, 0.15) is 92.0 Å². The van der Waals surface area contributed by atoms with E-state index < -0.39 is 0 Å². The highest BCUT2D eigenvalue weighted by Gasteiger charge is 2.46. The first-order valence-corrected chi connectivity index (χ1v) is 19.8. The number of fused-ring (bicyclic) bond motifs is 1. The van der Waals surface area contributed by atoms with Crippen LogP contribution in [0.3, 0.4) is 0 Å². The molecule has 5 aliphatic carbocycles. The number of nitrogens with one attached hydrogen (secondary N) is 1. The van der Waals surface area contributed by atoms with Gasteiger partial charge in [0.1, 0.15) is 0 Å². The van der Waals surface area contributed by atoms with Gasteiger partial charge in [-0.25, -0.2) is 0 Å². The average Bonchev–Trinajstić information content (AvgIpc) is 3.22. The highest BCUT2D eigenvalue weighted by atomic mass is 15.0. The summed E-state index contributed by atoms with van der Waals surface area (Å²) in [6.45, 7) is 7.21. The van der Waals surface area contributed by atoms with E-state index in [-0.39, 0.29) is 22.9 Å². The first-order valence-electron chi connectivity index (χ1n) is 19.8.